The van der Waals surface area contributed by atoms with E-state index in [-0.39, 0.29) is 5.92 Å². The van der Waals surface area contributed by atoms with Crippen LogP contribution in [0.5, 0.6) is 0 Å². The predicted molar refractivity (Wildman–Crippen MR) is 43.3 cm³/mol. The van der Waals surface area contributed by atoms with Crippen LogP contribution in [0, 0.1) is 11.3 Å². The molecule has 0 N–H and O–H groups in total. The molecule has 0 bridgehead atoms. The van der Waals surface area contributed by atoms with Crippen LogP contribution in [0.2, 0.25) is 5.15 Å². The molecule has 3 heteroatoms. The molecular weight excluding hydrogens is 160 g/mol. The molecule has 0 radical (unpaired) electrons. The van der Waals surface area contributed by atoms with E-state index in [0.29, 0.717) is 5.15 Å². The van der Waals surface area contributed by atoms with Crippen molar-refractivity contribution >= 4 is 11.6 Å². The number of nitrogens with zero attached hydrogens (tertiary/aromatic N) is 2. The van der Waals surface area contributed by atoms with Crippen molar-refractivity contribution in [2.24, 2.45) is 0 Å². The second-order valence-corrected chi connectivity index (χ2v) is 2.59. The minimum atomic E-state index is -0.184. The SMILES string of the molecule is CC(C#N)c1cccnc1Cl. The Balaban J connectivity index is 3.05. The zero-order chi connectivity index (χ0) is 8.27. The summed E-state index contributed by atoms with van der Waals surface area (Å²) in [5, 5.41) is 8.99. The first-order chi connectivity index (χ1) is 5.25. The fraction of sp³-hybridized carbons (Fsp3) is 0.250. The van der Waals surface area contributed by atoms with Crippen LogP contribution in [0.1, 0.15) is 18.4 Å². The Morgan fingerprint density at radius 3 is 3.00 bits per heavy atom. The highest BCUT2D eigenvalue weighted by molar-refractivity contribution is 6.30. The highest BCUT2D eigenvalue weighted by Crippen LogP contribution is 2.20. The van der Waals surface area contributed by atoms with Crippen molar-refractivity contribution in [2.75, 3.05) is 0 Å². The lowest BCUT2D eigenvalue weighted by molar-refractivity contribution is 0.967. The second-order valence-electron chi connectivity index (χ2n) is 2.23. The fourth-order valence-electron chi connectivity index (χ4n) is 0.791. The maximum absolute atomic E-state index is 8.58. The quantitative estimate of drug-likeness (QED) is 0.601. The summed E-state index contributed by atoms with van der Waals surface area (Å²) in [7, 11) is 0. The van der Waals surface area contributed by atoms with Gasteiger partial charge in [-0.1, -0.05) is 17.7 Å². The van der Waals surface area contributed by atoms with Crippen molar-refractivity contribution < 1.29 is 0 Å². The number of pyridine rings is 1. The topological polar surface area (TPSA) is 36.7 Å². The molecule has 1 rings (SSSR count). The van der Waals surface area contributed by atoms with Crippen LogP contribution in [-0.2, 0) is 0 Å². The molecule has 1 atom stereocenters. The van der Waals surface area contributed by atoms with Gasteiger partial charge in [-0.2, -0.15) is 5.26 Å². The van der Waals surface area contributed by atoms with E-state index in [1.165, 1.54) is 0 Å². The average molecular weight is 167 g/mol. The van der Waals surface area contributed by atoms with Gasteiger partial charge in [0.05, 0.1) is 12.0 Å². The molecule has 0 aliphatic heterocycles. The van der Waals surface area contributed by atoms with Gasteiger partial charge in [0, 0.05) is 11.8 Å². The third kappa shape index (κ3) is 1.69. The van der Waals surface area contributed by atoms with E-state index >= 15 is 0 Å². The molecular formula is C8H7ClN2. The van der Waals surface area contributed by atoms with Gasteiger partial charge in [0.15, 0.2) is 0 Å². The van der Waals surface area contributed by atoms with Gasteiger partial charge < -0.3 is 0 Å². The lowest BCUT2D eigenvalue weighted by Gasteiger charge is -2.02. The molecule has 1 aromatic heterocycles. The average Bonchev–Trinajstić information content (AvgIpc) is 2.04. The summed E-state index contributed by atoms with van der Waals surface area (Å²) in [6.07, 6.45) is 1.61. The smallest absolute Gasteiger partial charge is 0.133 e. The van der Waals surface area contributed by atoms with Gasteiger partial charge >= 0.3 is 0 Å². The number of halogens is 1. The van der Waals surface area contributed by atoms with E-state index in [4.69, 9.17) is 16.9 Å². The van der Waals surface area contributed by atoms with Crippen LogP contribution in [0.3, 0.4) is 0 Å². The van der Waals surface area contributed by atoms with Crippen molar-refractivity contribution in [1.82, 2.24) is 4.98 Å². The summed E-state index contributed by atoms with van der Waals surface area (Å²) in [5.74, 6) is -0.184. The predicted octanol–water partition coefficient (Wildman–Crippen LogP) is 2.36. The lowest BCUT2D eigenvalue weighted by atomic mass is 10.1. The van der Waals surface area contributed by atoms with E-state index in [0.717, 1.165) is 5.56 Å². The number of aromatic nitrogens is 1. The first-order valence-electron chi connectivity index (χ1n) is 3.25. The molecule has 2 nitrogen and oxygen atoms in total. The van der Waals surface area contributed by atoms with Gasteiger partial charge in [0.1, 0.15) is 5.15 Å². The Bertz CT molecular complexity index is 290. The Hall–Kier alpha value is -1.07. The van der Waals surface area contributed by atoms with Crippen LogP contribution in [0.25, 0.3) is 0 Å². The summed E-state index contributed by atoms with van der Waals surface area (Å²) in [6, 6.07) is 5.68. The van der Waals surface area contributed by atoms with E-state index in [2.05, 4.69) is 11.1 Å². The molecule has 1 heterocycles. The van der Waals surface area contributed by atoms with Crippen molar-refractivity contribution in [1.29, 1.82) is 5.26 Å². The van der Waals surface area contributed by atoms with Crippen LogP contribution < -0.4 is 0 Å². The zero-order valence-electron chi connectivity index (χ0n) is 6.08. The first-order valence-corrected chi connectivity index (χ1v) is 3.63. The van der Waals surface area contributed by atoms with Crippen LogP contribution in [-0.4, -0.2) is 4.98 Å². The summed E-state index contributed by atoms with van der Waals surface area (Å²) >= 11 is 5.74. The number of hydrogen-bond acceptors (Lipinski definition) is 2. The lowest BCUT2D eigenvalue weighted by Crippen LogP contribution is -1.91. The maximum Gasteiger partial charge on any atom is 0.133 e. The van der Waals surface area contributed by atoms with Crippen LogP contribution in [0.4, 0.5) is 0 Å². The second kappa shape index (κ2) is 3.36. The maximum atomic E-state index is 8.58. The van der Waals surface area contributed by atoms with Gasteiger partial charge in [0.2, 0.25) is 0 Å². The first kappa shape index (κ1) is 8.03. The Morgan fingerprint density at radius 2 is 2.45 bits per heavy atom. The molecule has 0 spiro atoms. The van der Waals surface area contributed by atoms with Gasteiger partial charge in [-0.15, -0.1) is 0 Å². The molecule has 0 aromatic carbocycles. The Labute approximate surface area is 70.4 Å². The minimum absolute atomic E-state index is 0.184. The van der Waals surface area contributed by atoms with Crippen LogP contribution in [0.15, 0.2) is 18.3 Å². The Kier molecular flexibility index (Phi) is 2.45. The standard InChI is InChI=1S/C8H7ClN2/c1-6(5-10)7-3-2-4-11-8(7)9/h2-4,6H,1H3. The summed E-state index contributed by atoms with van der Waals surface area (Å²) in [5.41, 5.74) is 0.789. The normalized spacial score (nSPS) is 12.1. The van der Waals surface area contributed by atoms with E-state index in [1.807, 2.05) is 6.07 Å². The molecule has 0 aliphatic rings. The van der Waals surface area contributed by atoms with Crippen molar-refractivity contribution in [3.8, 4) is 6.07 Å². The molecule has 11 heavy (non-hydrogen) atoms. The van der Waals surface area contributed by atoms with Crippen molar-refractivity contribution in [3.05, 3.63) is 29.0 Å². The largest absolute Gasteiger partial charge is 0.244 e. The minimum Gasteiger partial charge on any atom is -0.244 e. The highest BCUT2D eigenvalue weighted by atomic mass is 35.5. The number of rotatable bonds is 1. The zero-order valence-corrected chi connectivity index (χ0v) is 6.84. The third-order valence-electron chi connectivity index (χ3n) is 1.45. The monoisotopic (exact) mass is 166 g/mol. The molecule has 0 fully saturated rings. The van der Waals surface area contributed by atoms with Crippen molar-refractivity contribution in [3.63, 3.8) is 0 Å². The molecule has 56 valence electrons. The molecule has 1 unspecified atom stereocenters. The summed E-state index contributed by atoms with van der Waals surface area (Å²) < 4.78 is 0. The van der Waals surface area contributed by atoms with Gasteiger partial charge in [-0.05, 0) is 13.0 Å². The van der Waals surface area contributed by atoms with Crippen LogP contribution >= 0.6 is 11.6 Å². The summed E-state index contributed by atoms with van der Waals surface area (Å²) in [6.45, 7) is 1.79. The Morgan fingerprint density at radius 1 is 1.73 bits per heavy atom. The molecule has 0 saturated carbocycles. The molecule has 0 aliphatic carbocycles. The molecule has 0 saturated heterocycles. The van der Waals surface area contributed by atoms with E-state index in [9.17, 15) is 0 Å². The number of hydrogen-bond donors (Lipinski definition) is 0. The molecule has 1 aromatic rings. The third-order valence-corrected chi connectivity index (χ3v) is 1.76. The fourth-order valence-corrected chi connectivity index (χ4v) is 1.07. The highest BCUT2D eigenvalue weighted by Gasteiger charge is 2.07. The number of nitriles is 1. The van der Waals surface area contributed by atoms with Crippen molar-refractivity contribution in [2.45, 2.75) is 12.8 Å². The van der Waals surface area contributed by atoms with E-state index in [1.54, 1.807) is 19.2 Å². The van der Waals surface area contributed by atoms with E-state index < -0.39 is 0 Å². The molecule has 0 amide bonds. The summed E-state index contributed by atoms with van der Waals surface area (Å²) in [4.78, 5) is 3.86. The van der Waals surface area contributed by atoms with Gasteiger partial charge in [-0.25, -0.2) is 4.98 Å². The van der Waals surface area contributed by atoms with Gasteiger partial charge in [0.25, 0.3) is 0 Å². The van der Waals surface area contributed by atoms with Gasteiger partial charge in [-0.3, -0.25) is 0 Å².